The normalized spacial score (nSPS) is 11.9. The number of carbonyl (C=O) groups excluding carboxylic acids is 1. The predicted octanol–water partition coefficient (Wildman–Crippen LogP) is 5.12. The summed E-state index contributed by atoms with van der Waals surface area (Å²) in [6, 6.07) is 14.8. The van der Waals surface area contributed by atoms with E-state index in [0.29, 0.717) is 11.3 Å². The number of nitrogens with zero attached hydrogens (tertiary/aromatic N) is 1. The van der Waals surface area contributed by atoms with Gasteiger partial charge in [-0.2, -0.15) is 0 Å². The van der Waals surface area contributed by atoms with E-state index in [1.807, 2.05) is 27.1 Å². The minimum atomic E-state index is -3.77. The van der Waals surface area contributed by atoms with E-state index in [1.165, 1.54) is 23.5 Å². The van der Waals surface area contributed by atoms with E-state index in [1.54, 1.807) is 12.1 Å². The minimum absolute atomic E-state index is 0.0530. The number of hydrogen-bond acceptors (Lipinski definition) is 4. The van der Waals surface area contributed by atoms with Gasteiger partial charge in [0.05, 0.1) is 9.77 Å². The number of thiophene rings is 1. The third kappa shape index (κ3) is 3.49. The summed E-state index contributed by atoms with van der Waals surface area (Å²) in [6.07, 6.45) is 2.43. The zero-order valence-corrected chi connectivity index (χ0v) is 18.6. The number of ketones is 1. The van der Waals surface area contributed by atoms with Crippen molar-refractivity contribution in [3.63, 3.8) is 0 Å². The molecule has 0 unspecified atom stereocenters. The summed E-state index contributed by atoms with van der Waals surface area (Å²) in [5.74, 6) is 0.0701. The number of primary sulfonamides is 1. The van der Waals surface area contributed by atoms with Crippen LogP contribution in [0.2, 0.25) is 0 Å². The number of sulfonamides is 1. The number of nitrogens with two attached hydrogens (primary N) is 1. The average Bonchev–Trinajstić information content (AvgIpc) is 3.26. The molecule has 0 aliphatic carbocycles. The zero-order chi connectivity index (χ0) is 21.6. The standard InChI is InChI=1S/C23H22N2O3S2/c1-4-20(26)23-21(15-5-8-18(9-6-15)30(24,27)28)14(2)22(29-23)17-7-10-19-16(13-17)11-12-25(19)3/h5-13H,4H2,1-3H3,(H2,24,27,28). The van der Waals surface area contributed by atoms with Crippen molar-refractivity contribution in [1.82, 2.24) is 4.57 Å². The van der Waals surface area contributed by atoms with Gasteiger partial charge in [0.15, 0.2) is 5.78 Å². The fraction of sp³-hybridized carbons (Fsp3) is 0.174. The molecule has 0 aliphatic rings. The number of hydrogen-bond donors (Lipinski definition) is 1. The maximum Gasteiger partial charge on any atom is 0.238 e. The molecule has 0 aliphatic heterocycles. The maximum absolute atomic E-state index is 12.7. The van der Waals surface area contributed by atoms with Gasteiger partial charge in [0, 0.05) is 41.0 Å². The second-order valence-corrected chi connectivity index (χ2v) is 9.89. The van der Waals surface area contributed by atoms with E-state index < -0.39 is 10.0 Å². The van der Waals surface area contributed by atoms with Crippen molar-refractivity contribution < 1.29 is 13.2 Å². The molecule has 4 aromatic rings. The molecule has 0 bridgehead atoms. The largest absolute Gasteiger partial charge is 0.351 e. The van der Waals surface area contributed by atoms with Crippen LogP contribution in [0.15, 0.2) is 59.6 Å². The second kappa shape index (κ2) is 7.50. The molecule has 30 heavy (non-hydrogen) atoms. The Labute approximate surface area is 179 Å². The monoisotopic (exact) mass is 438 g/mol. The zero-order valence-electron chi connectivity index (χ0n) is 17.0. The van der Waals surface area contributed by atoms with Gasteiger partial charge in [-0.15, -0.1) is 11.3 Å². The van der Waals surface area contributed by atoms with Gasteiger partial charge in [-0.3, -0.25) is 4.79 Å². The molecular formula is C23H22N2O3S2. The molecule has 0 atom stereocenters. The Balaban J connectivity index is 1.90. The van der Waals surface area contributed by atoms with Crippen LogP contribution in [-0.2, 0) is 17.1 Å². The van der Waals surface area contributed by atoms with Crippen molar-refractivity contribution in [1.29, 1.82) is 0 Å². The molecule has 0 saturated carbocycles. The number of carbonyl (C=O) groups is 1. The first-order chi connectivity index (χ1) is 14.2. The fourth-order valence-electron chi connectivity index (χ4n) is 3.73. The van der Waals surface area contributed by atoms with Crippen LogP contribution in [0.3, 0.4) is 0 Å². The van der Waals surface area contributed by atoms with Gasteiger partial charge >= 0.3 is 0 Å². The summed E-state index contributed by atoms with van der Waals surface area (Å²) < 4.78 is 25.3. The average molecular weight is 439 g/mol. The fourth-order valence-corrected chi connectivity index (χ4v) is 5.58. The Bertz CT molecular complexity index is 1380. The van der Waals surface area contributed by atoms with Crippen molar-refractivity contribution in [2.24, 2.45) is 12.2 Å². The number of aryl methyl sites for hydroxylation is 1. The lowest BCUT2D eigenvalue weighted by Crippen LogP contribution is -2.11. The minimum Gasteiger partial charge on any atom is -0.351 e. The quantitative estimate of drug-likeness (QED) is 0.439. The highest BCUT2D eigenvalue weighted by molar-refractivity contribution is 7.89. The van der Waals surface area contributed by atoms with Crippen LogP contribution in [0.25, 0.3) is 32.5 Å². The van der Waals surface area contributed by atoms with Crippen molar-refractivity contribution in [2.45, 2.75) is 25.2 Å². The summed E-state index contributed by atoms with van der Waals surface area (Å²) >= 11 is 1.49. The van der Waals surface area contributed by atoms with Crippen molar-refractivity contribution in [3.8, 4) is 21.6 Å². The van der Waals surface area contributed by atoms with E-state index in [4.69, 9.17) is 5.14 Å². The SMILES string of the molecule is CCC(=O)c1sc(-c2ccc3c(ccn3C)c2)c(C)c1-c1ccc(S(N)(=O)=O)cc1. The van der Waals surface area contributed by atoms with Crippen LogP contribution < -0.4 is 5.14 Å². The lowest BCUT2D eigenvalue weighted by molar-refractivity contribution is 0.0992. The van der Waals surface area contributed by atoms with Gasteiger partial charge in [-0.25, -0.2) is 13.6 Å². The van der Waals surface area contributed by atoms with Gasteiger partial charge in [0.25, 0.3) is 0 Å². The van der Waals surface area contributed by atoms with E-state index in [-0.39, 0.29) is 10.7 Å². The summed E-state index contributed by atoms with van der Waals surface area (Å²) in [5, 5.41) is 6.36. The molecule has 154 valence electrons. The second-order valence-electron chi connectivity index (χ2n) is 7.31. The number of fused-ring (bicyclic) bond motifs is 1. The molecule has 0 saturated heterocycles. The van der Waals surface area contributed by atoms with Crippen LogP contribution in [0, 0.1) is 6.92 Å². The molecule has 2 N–H and O–H groups in total. The molecule has 2 heterocycles. The smallest absolute Gasteiger partial charge is 0.238 e. The molecule has 0 spiro atoms. The molecule has 7 heteroatoms. The third-order valence-corrected chi connectivity index (χ3v) is 7.65. The van der Waals surface area contributed by atoms with E-state index in [2.05, 4.69) is 28.8 Å². The summed E-state index contributed by atoms with van der Waals surface area (Å²) in [6.45, 7) is 3.86. The lowest BCUT2D eigenvalue weighted by Gasteiger charge is -2.07. The van der Waals surface area contributed by atoms with Gasteiger partial charge in [-0.05, 0) is 53.9 Å². The lowest BCUT2D eigenvalue weighted by atomic mass is 9.97. The topological polar surface area (TPSA) is 82.2 Å². The van der Waals surface area contributed by atoms with Crippen molar-refractivity contribution >= 4 is 38.0 Å². The Morgan fingerprint density at radius 1 is 1.07 bits per heavy atom. The number of benzene rings is 2. The first kappa shape index (κ1) is 20.5. The maximum atomic E-state index is 12.7. The Kier molecular flexibility index (Phi) is 5.13. The van der Waals surface area contributed by atoms with Gasteiger partial charge in [0.1, 0.15) is 0 Å². The van der Waals surface area contributed by atoms with Gasteiger partial charge < -0.3 is 4.57 Å². The van der Waals surface area contributed by atoms with Crippen molar-refractivity contribution in [2.75, 3.05) is 0 Å². The highest BCUT2D eigenvalue weighted by Gasteiger charge is 2.22. The van der Waals surface area contributed by atoms with E-state index >= 15 is 0 Å². The number of Topliss-reactive ketones (excluding diaryl/α,β-unsaturated/α-hetero) is 1. The highest BCUT2D eigenvalue weighted by Crippen LogP contribution is 2.43. The summed E-state index contributed by atoms with van der Waals surface area (Å²) in [7, 11) is -1.75. The molecular weight excluding hydrogens is 416 g/mol. The van der Waals surface area contributed by atoms with Crippen LogP contribution in [-0.4, -0.2) is 18.8 Å². The van der Waals surface area contributed by atoms with E-state index in [9.17, 15) is 13.2 Å². The summed E-state index contributed by atoms with van der Waals surface area (Å²) in [4.78, 5) is 14.5. The molecule has 2 aromatic carbocycles. The van der Waals surface area contributed by atoms with Gasteiger partial charge in [0.2, 0.25) is 10.0 Å². The first-order valence-electron chi connectivity index (χ1n) is 9.56. The van der Waals surface area contributed by atoms with Crippen LogP contribution >= 0.6 is 11.3 Å². The molecule has 0 fully saturated rings. The molecule has 2 aromatic heterocycles. The van der Waals surface area contributed by atoms with Crippen molar-refractivity contribution in [3.05, 3.63) is 65.2 Å². The summed E-state index contributed by atoms with van der Waals surface area (Å²) in [5.41, 5.74) is 4.89. The molecule has 0 amide bonds. The third-order valence-electron chi connectivity index (χ3n) is 5.34. The van der Waals surface area contributed by atoms with Crippen LogP contribution in [0.5, 0.6) is 0 Å². The predicted molar refractivity (Wildman–Crippen MR) is 122 cm³/mol. The highest BCUT2D eigenvalue weighted by atomic mass is 32.2. The number of rotatable bonds is 5. The Morgan fingerprint density at radius 3 is 2.37 bits per heavy atom. The van der Waals surface area contributed by atoms with Crippen LogP contribution in [0.4, 0.5) is 0 Å². The Morgan fingerprint density at radius 2 is 1.73 bits per heavy atom. The molecule has 5 nitrogen and oxygen atoms in total. The Hall–Kier alpha value is -2.74. The molecule has 4 rings (SSSR count). The molecule has 0 radical (unpaired) electrons. The van der Waals surface area contributed by atoms with Crippen LogP contribution in [0.1, 0.15) is 28.6 Å². The first-order valence-corrected chi connectivity index (χ1v) is 11.9. The number of aromatic nitrogens is 1. The van der Waals surface area contributed by atoms with Gasteiger partial charge in [-0.1, -0.05) is 25.1 Å². The van der Waals surface area contributed by atoms with E-state index in [0.717, 1.165) is 38.0 Å².